The summed E-state index contributed by atoms with van der Waals surface area (Å²) in [6, 6.07) is 24.4. The predicted octanol–water partition coefficient (Wildman–Crippen LogP) is 7.18. The van der Waals surface area contributed by atoms with Crippen molar-refractivity contribution in [1.29, 1.82) is 0 Å². The third kappa shape index (κ3) is 2.05. The van der Waals surface area contributed by atoms with Crippen molar-refractivity contribution in [1.82, 2.24) is 4.98 Å². The van der Waals surface area contributed by atoms with Gasteiger partial charge in [0.25, 0.3) is 0 Å². The van der Waals surface area contributed by atoms with Gasteiger partial charge in [-0.3, -0.25) is 4.98 Å². The van der Waals surface area contributed by atoms with Gasteiger partial charge in [0.15, 0.2) is 0 Å². The summed E-state index contributed by atoms with van der Waals surface area (Å²) in [5, 5.41) is 7.79. The van der Waals surface area contributed by atoms with E-state index in [0.717, 1.165) is 5.69 Å². The fourth-order valence-electron chi connectivity index (χ4n) is 5.17. The van der Waals surface area contributed by atoms with E-state index in [1.165, 1.54) is 61.0 Å². The quantitative estimate of drug-likeness (QED) is 0.289. The van der Waals surface area contributed by atoms with Gasteiger partial charge in [0.2, 0.25) is 0 Å². The number of benzene rings is 4. The molecule has 0 bridgehead atoms. The van der Waals surface area contributed by atoms with E-state index in [-0.39, 0.29) is 0 Å². The largest absolute Gasteiger partial charge is 0.256 e. The number of nitrogens with zero attached hydrogens (tertiary/aromatic N) is 1. The zero-order valence-electron chi connectivity index (χ0n) is 16.2. The van der Waals surface area contributed by atoms with E-state index in [0.29, 0.717) is 5.92 Å². The van der Waals surface area contributed by atoms with Crippen LogP contribution in [0.5, 0.6) is 0 Å². The molecule has 1 atom stereocenters. The zero-order valence-corrected chi connectivity index (χ0v) is 16.2. The standard InChI is InChI=1S/C27H21N/c1-16-13-18-15-17(2)25(18)24(14-16)27-26-22-10-6-5-8-20(22)19-7-3-4-9-21(19)23(26)11-12-28-27/h3-14,17H,15H2,1-2H3. The molecular weight excluding hydrogens is 338 g/mol. The predicted molar refractivity (Wildman–Crippen MR) is 119 cm³/mol. The molecule has 1 heteroatoms. The Morgan fingerprint density at radius 3 is 2.07 bits per heavy atom. The van der Waals surface area contributed by atoms with Gasteiger partial charge in [-0.15, -0.1) is 0 Å². The minimum atomic E-state index is 0.606. The SMILES string of the molecule is Cc1cc2c(c(-c3nccc4c5ccccc5c5ccccc5c34)c1)C(C)C2. The van der Waals surface area contributed by atoms with Crippen LogP contribution in [0, 0.1) is 6.92 Å². The maximum Gasteiger partial charge on any atom is 0.0789 e. The maximum atomic E-state index is 4.95. The van der Waals surface area contributed by atoms with E-state index in [1.54, 1.807) is 0 Å². The van der Waals surface area contributed by atoms with Crippen LogP contribution in [-0.2, 0) is 6.42 Å². The van der Waals surface area contributed by atoms with E-state index < -0.39 is 0 Å². The molecule has 1 unspecified atom stereocenters. The number of hydrogen-bond acceptors (Lipinski definition) is 1. The monoisotopic (exact) mass is 359 g/mol. The van der Waals surface area contributed by atoms with Crippen LogP contribution in [0.3, 0.4) is 0 Å². The Labute approximate surface area is 164 Å². The van der Waals surface area contributed by atoms with Crippen molar-refractivity contribution in [2.45, 2.75) is 26.2 Å². The second kappa shape index (κ2) is 5.65. The molecule has 1 aromatic heterocycles. The molecule has 0 amide bonds. The van der Waals surface area contributed by atoms with Gasteiger partial charge in [-0.1, -0.05) is 67.1 Å². The first-order chi connectivity index (χ1) is 13.7. The molecule has 6 rings (SSSR count). The lowest BCUT2D eigenvalue weighted by Crippen LogP contribution is -2.16. The van der Waals surface area contributed by atoms with E-state index in [1.807, 2.05) is 6.20 Å². The number of aryl methyl sites for hydroxylation is 1. The van der Waals surface area contributed by atoms with Gasteiger partial charge in [-0.05, 0) is 69.5 Å². The minimum absolute atomic E-state index is 0.606. The average Bonchev–Trinajstić information content (AvgIpc) is 2.72. The lowest BCUT2D eigenvalue weighted by atomic mass is 9.74. The molecule has 1 aliphatic rings. The fourth-order valence-corrected chi connectivity index (χ4v) is 5.17. The molecule has 0 N–H and O–H groups in total. The Balaban J connectivity index is 1.85. The lowest BCUT2D eigenvalue weighted by Gasteiger charge is -2.31. The second-order valence-corrected chi connectivity index (χ2v) is 8.16. The summed E-state index contributed by atoms with van der Waals surface area (Å²) in [6.07, 6.45) is 3.16. The summed E-state index contributed by atoms with van der Waals surface area (Å²) < 4.78 is 0. The van der Waals surface area contributed by atoms with Crippen molar-refractivity contribution in [2.24, 2.45) is 0 Å². The highest BCUT2D eigenvalue weighted by atomic mass is 14.7. The molecule has 4 aromatic carbocycles. The molecule has 1 aliphatic carbocycles. The van der Waals surface area contributed by atoms with Crippen molar-refractivity contribution in [3.05, 3.63) is 89.6 Å². The van der Waals surface area contributed by atoms with E-state index in [2.05, 4.69) is 80.6 Å². The Bertz CT molecular complexity index is 1370. The smallest absolute Gasteiger partial charge is 0.0789 e. The van der Waals surface area contributed by atoms with Crippen LogP contribution >= 0.6 is 0 Å². The summed E-state index contributed by atoms with van der Waals surface area (Å²) >= 11 is 0. The summed E-state index contributed by atoms with van der Waals surface area (Å²) in [5.41, 5.74) is 6.75. The van der Waals surface area contributed by atoms with Crippen LogP contribution < -0.4 is 0 Å². The first kappa shape index (κ1) is 15.8. The summed E-state index contributed by atoms with van der Waals surface area (Å²) in [4.78, 5) is 4.95. The zero-order chi connectivity index (χ0) is 18.8. The van der Waals surface area contributed by atoms with Crippen molar-refractivity contribution >= 4 is 32.3 Å². The summed E-state index contributed by atoms with van der Waals surface area (Å²) in [5.74, 6) is 0.606. The minimum Gasteiger partial charge on any atom is -0.256 e. The highest BCUT2D eigenvalue weighted by Gasteiger charge is 2.27. The number of hydrogen-bond donors (Lipinski definition) is 0. The van der Waals surface area contributed by atoms with Crippen molar-refractivity contribution < 1.29 is 0 Å². The highest BCUT2D eigenvalue weighted by molar-refractivity contribution is 6.28. The van der Waals surface area contributed by atoms with E-state index in [4.69, 9.17) is 4.98 Å². The molecule has 0 saturated heterocycles. The number of fused-ring (bicyclic) bond motifs is 7. The number of aromatic nitrogens is 1. The van der Waals surface area contributed by atoms with Crippen LogP contribution in [0.25, 0.3) is 43.6 Å². The van der Waals surface area contributed by atoms with Crippen LogP contribution in [0.2, 0.25) is 0 Å². The molecule has 28 heavy (non-hydrogen) atoms. The van der Waals surface area contributed by atoms with Gasteiger partial charge in [-0.2, -0.15) is 0 Å². The average molecular weight is 359 g/mol. The van der Waals surface area contributed by atoms with Crippen LogP contribution in [0.1, 0.15) is 29.5 Å². The maximum absolute atomic E-state index is 4.95. The third-order valence-corrected chi connectivity index (χ3v) is 6.34. The number of pyridine rings is 1. The molecular formula is C27H21N. The fraction of sp³-hybridized carbons (Fsp3) is 0.148. The number of rotatable bonds is 1. The first-order valence-electron chi connectivity index (χ1n) is 10.0. The van der Waals surface area contributed by atoms with Crippen LogP contribution in [0.15, 0.2) is 72.9 Å². The lowest BCUT2D eigenvalue weighted by molar-refractivity contribution is 0.668. The van der Waals surface area contributed by atoms with Crippen LogP contribution in [0.4, 0.5) is 0 Å². The molecule has 0 spiro atoms. The Kier molecular flexibility index (Phi) is 3.20. The third-order valence-electron chi connectivity index (χ3n) is 6.34. The molecule has 5 aromatic rings. The van der Waals surface area contributed by atoms with Crippen molar-refractivity contribution in [3.63, 3.8) is 0 Å². The van der Waals surface area contributed by atoms with Gasteiger partial charge >= 0.3 is 0 Å². The molecule has 134 valence electrons. The second-order valence-electron chi connectivity index (χ2n) is 8.16. The van der Waals surface area contributed by atoms with Gasteiger partial charge in [0.05, 0.1) is 5.69 Å². The highest BCUT2D eigenvalue weighted by Crippen LogP contribution is 2.45. The van der Waals surface area contributed by atoms with Crippen LogP contribution in [-0.4, -0.2) is 4.98 Å². The van der Waals surface area contributed by atoms with Gasteiger partial charge in [-0.25, -0.2) is 0 Å². The van der Waals surface area contributed by atoms with Gasteiger partial charge in [0, 0.05) is 17.1 Å². The topological polar surface area (TPSA) is 12.9 Å². The molecule has 0 radical (unpaired) electrons. The summed E-state index contributed by atoms with van der Waals surface area (Å²) in [6.45, 7) is 4.53. The first-order valence-corrected chi connectivity index (χ1v) is 10.0. The van der Waals surface area contributed by atoms with E-state index >= 15 is 0 Å². The Morgan fingerprint density at radius 1 is 0.786 bits per heavy atom. The molecule has 1 heterocycles. The normalized spacial score (nSPS) is 15.7. The van der Waals surface area contributed by atoms with Crippen molar-refractivity contribution in [2.75, 3.05) is 0 Å². The van der Waals surface area contributed by atoms with E-state index in [9.17, 15) is 0 Å². The van der Waals surface area contributed by atoms with Crippen molar-refractivity contribution in [3.8, 4) is 11.3 Å². The van der Waals surface area contributed by atoms with Gasteiger partial charge in [0.1, 0.15) is 0 Å². The molecule has 0 aliphatic heterocycles. The summed E-state index contributed by atoms with van der Waals surface area (Å²) in [7, 11) is 0. The Morgan fingerprint density at radius 2 is 1.39 bits per heavy atom. The van der Waals surface area contributed by atoms with Gasteiger partial charge < -0.3 is 0 Å². The molecule has 0 fully saturated rings. The molecule has 1 nitrogen and oxygen atoms in total. The molecule has 0 saturated carbocycles. The Hall–Kier alpha value is -3.19.